The number of amides is 2. The smallest absolute Gasteiger partial charge is 0.258 e. The summed E-state index contributed by atoms with van der Waals surface area (Å²) in [7, 11) is 1.80. The molecule has 2 amide bonds. The third-order valence-electron chi connectivity index (χ3n) is 4.93. The van der Waals surface area contributed by atoms with E-state index in [0.29, 0.717) is 17.0 Å². The van der Waals surface area contributed by atoms with Crippen LogP contribution in [0.25, 0.3) is 11.1 Å². The molecule has 4 rings (SSSR count). The Morgan fingerprint density at radius 3 is 2.70 bits per heavy atom. The lowest BCUT2D eigenvalue weighted by molar-refractivity contribution is 0.0783. The Bertz CT molecular complexity index is 1000. The van der Waals surface area contributed by atoms with Gasteiger partial charge in [-0.25, -0.2) is 0 Å². The molecule has 0 radical (unpaired) electrons. The summed E-state index contributed by atoms with van der Waals surface area (Å²) in [6.45, 7) is 0.499. The zero-order valence-electron chi connectivity index (χ0n) is 15.0. The van der Waals surface area contributed by atoms with Gasteiger partial charge in [-0.3, -0.25) is 14.7 Å². The first-order chi connectivity index (χ1) is 13.0. The summed E-state index contributed by atoms with van der Waals surface area (Å²) >= 11 is 1.32. The van der Waals surface area contributed by atoms with E-state index in [4.69, 9.17) is 5.73 Å². The number of thiophene rings is 1. The van der Waals surface area contributed by atoms with Crippen LogP contribution in [0.1, 0.15) is 43.4 Å². The van der Waals surface area contributed by atoms with Crippen molar-refractivity contribution >= 4 is 23.2 Å². The Labute approximate surface area is 161 Å². The SMILES string of the molecule is CN(Cc1n[nH]c2c1CCC2)C(=O)c1ccc(-c2csc(C(N)=O)c2)cc1. The highest BCUT2D eigenvalue weighted by Gasteiger charge is 2.21. The molecule has 0 aliphatic heterocycles. The monoisotopic (exact) mass is 380 g/mol. The normalized spacial score (nSPS) is 12.8. The molecule has 0 saturated carbocycles. The van der Waals surface area contributed by atoms with Crippen LogP contribution in [0, 0.1) is 0 Å². The van der Waals surface area contributed by atoms with Crippen molar-refractivity contribution in [1.82, 2.24) is 15.1 Å². The second-order valence-electron chi connectivity index (χ2n) is 6.78. The number of hydrogen-bond donors (Lipinski definition) is 2. The summed E-state index contributed by atoms with van der Waals surface area (Å²) in [6.07, 6.45) is 3.23. The average molecular weight is 380 g/mol. The lowest BCUT2D eigenvalue weighted by Crippen LogP contribution is -2.26. The molecule has 0 spiro atoms. The van der Waals surface area contributed by atoms with Gasteiger partial charge in [0.25, 0.3) is 11.8 Å². The molecule has 0 saturated heterocycles. The zero-order valence-corrected chi connectivity index (χ0v) is 15.8. The minimum absolute atomic E-state index is 0.0422. The summed E-state index contributed by atoms with van der Waals surface area (Å²) in [5.41, 5.74) is 11.2. The number of rotatable bonds is 5. The molecular formula is C20H20N4O2S. The quantitative estimate of drug-likeness (QED) is 0.713. The van der Waals surface area contributed by atoms with E-state index in [-0.39, 0.29) is 5.91 Å². The Balaban J connectivity index is 1.47. The van der Waals surface area contributed by atoms with Crippen molar-refractivity contribution in [3.05, 3.63) is 63.1 Å². The van der Waals surface area contributed by atoms with Crippen LogP contribution in [0.2, 0.25) is 0 Å². The molecular weight excluding hydrogens is 360 g/mol. The van der Waals surface area contributed by atoms with Crippen LogP contribution < -0.4 is 5.73 Å². The van der Waals surface area contributed by atoms with E-state index in [0.717, 1.165) is 36.1 Å². The second-order valence-corrected chi connectivity index (χ2v) is 7.69. The van der Waals surface area contributed by atoms with Crippen LogP contribution in [0.4, 0.5) is 0 Å². The van der Waals surface area contributed by atoms with Crippen LogP contribution in [0.3, 0.4) is 0 Å². The van der Waals surface area contributed by atoms with E-state index in [1.54, 1.807) is 18.0 Å². The van der Waals surface area contributed by atoms with E-state index in [1.807, 2.05) is 29.6 Å². The Kier molecular flexibility index (Phi) is 4.53. The number of carbonyl (C=O) groups excluding carboxylic acids is 2. The molecule has 138 valence electrons. The molecule has 0 atom stereocenters. The Morgan fingerprint density at radius 2 is 2.00 bits per heavy atom. The number of nitrogens with zero attached hydrogens (tertiary/aromatic N) is 2. The molecule has 2 aromatic heterocycles. The van der Waals surface area contributed by atoms with Crippen molar-refractivity contribution in [2.24, 2.45) is 5.73 Å². The summed E-state index contributed by atoms with van der Waals surface area (Å²) in [5.74, 6) is -0.469. The minimum Gasteiger partial charge on any atom is -0.365 e. The number of carbonyl (C=O) groups is 2. The largest absolute Gasteiger partial charge is 0.365 e. The van der Waals surface area contributed by atoms with E-state index in [9.17, 15) is 9.59 Å². The standard InChI is InChI=1S/C20H20N4O2S/c1-24(10-17-15-3-2-4-16(15)22-23-17)20(26)13-7-5-12(6-8-13)14-9-18(19(21)25)27-11-14/h5-9,11H,2-4,10H2,1H3,(H2,21,25)(H,22,23). The first-order valence-electron chi connectivity index (χ1n) is 8.82. The maximum absolute atomic E-state index is 12.7. The lowest BCUT2D eigenvalue weighted by Gasteiger charge is -2.17. The number of nitrogens with one attached hydrogen (secondary N) is 1. The number of aromatic nitrogens is 2. The molecule has 3 N–H and O–H groups in total. The molecule has 7 heteroatoms. The van der Waals surface area contributed by atoms with Crippen LogP contribution in [-0.4, -0.2) is 34.0 Å². The van der Waals surface area contributed by atoms with Crippen LogP contribution in [0.15, 0.2) is 35.7 Å². The van der Waals surface area contributed by atoms with Gasteiger partial charge in [-0.1, -0.05) is 12.1 Å². The van der Waals surface area contributed by atoms with E-state index < -0.39 is 5.91 Å². The summed E-state index contributed by atoms with van der Waals surface area (Å²) in [5, 5.41) is 9.34. The lowest BCUT2D eigenvalue weighted by atomic mass is 10.1. The van der Waals surface area contributed by atoms with Gasteiger partial charge < -0.3 is 10.6 Å². The fourth-order valence-electron chi connectivity index (χ4n) is 3.46. The van der Waals surface area contributed by atoms with Gasteiger partial charge in [0.15, 0.2) is 0 Å². The van der Waals surface area contributed by atoms with E-state index in [2.05, 4.69) is 10.2 Å². The van der Waals surface area contributed by atoms with Crippen molar-refractivity contribution in [3.63, 3.8) is 0 Å². The third-order valence-corrected chi connectivity index (χ3v) is 5.88. The summed E-state index contributed by atoms with van der Waals surface area (Å²) in [6, 6.07) is 9.17. The first-order valence-corrected chi connectivity index (χ1v) is 9.70. The Hall–Kier alpha value is -2.93. The number of hydrogen-bond acceptors (Lipinski definition) is 4. The molecule has 1 aromatic carbocycles. The van der Waals surface area contributed by atoms with E-state index in [1.165, 1.54) is 22.6 Å². The first kappa shape index (κ1) is 17.5. The van der Waals surface area contributed by atoms with Gasteiger partial charge in [0.05, 0.1) is 17.1 Å². The molecule has 0 fully saturated rings. The van der Waals surface area contributed by atoms with Crippen LogP contribution in [0.5, 0.6) is 0 Å². The topological polar surface area (TPSA) is 92.1 Å². The fraction of sp³-hybridized carbons (Fsp3) is 0.250. The predicted octanol–water partition coefficient (Wildman–Crippen LogP) is 3.00. The molecule has 1 aliphatic carbocycles. The van der Waals surface area contributed by atoms with Crippen molar-refractivity contribution in [2.45, 2.75) is 25.8 Å². The maximum atomic E-state index is 12.7. The molecule has 27 heavy (non-hydrogen) atoms. The number of nitrogens with two attached hydrogens (primary N) is 1. The van der Waals surface area contributed by atoms with Crippen LogP contribution in [-0.2, 0) is 19.4 Å². The summed E-state index contributed by atoms with van der Waals surface area (Å²) < 4.78 is 0. The molecule has 3 aromatic rings. The molecule has 6 nitrogen and oxygen atoms in total. The number of primary amides is 1. The van der Waals surface area contributed by atoms with Gasteiger partial charge in [0.2, 0.25) is 0 Å². The highest BCUT2D eigenvalue weighted by atomic mass is 32.1. The fourth-order valence-corrected chi connectivity index (χ4v) is 4.23. The number of benzene rings is 1. The van der Waals surface area contributed by atoms with Crippen molar-refractivity contribution in [2.75, 3.05) is 7.05 Å². The number of aryl methyl sites for hydroxylation is 1. The molecule has 0 bridgehead atoms. The van der Waals surface area contributed by atoms with Gasteiger partial charge >= 0.3 is 0 Å². The molecule has 1 aliphatic rings. The number of aromatic amines is 1. The van der Waals surface area contributed by atoms with Crippen molar-refractivity contribution in [3.8, 4) is 11.1 Å². The van der Waals surface area contributed by atoms with Gasteiger partial charge in [-0.2, -0.15) is 5.10 Å². The van der Waals surface area contributed by atoms with Gasteiger partial charge in [-0.05, 0) is 59.5 Å². The van der Waals surface area contributed by atoms with Crippen LogP contribution >= 0.6 is 11.3 Å². The molecule has 2 heterocycles. The highest BCUT2D eigenvalue weighted by molar-refractivity contribution is 7.12. The number of fused-ring (bicyclic) bond motifs is 1. The van der Waals surface area contributed by atoms with E-state index >= 15 is 0 Å². The molecule has 0 unspecified atom stereocenters. The summed E-state index contributed by atoms with van der Waals surface area (Å²) in [4.78, 5) is 26.2. The maximum Gasteiger partial charge on any atom is 0.258 e. The zero-order chi connectivity index (χ0) is 19.0. The Morgan fingerprint density at radius 1 is 1.22 bits per heavy atom. The second kappa shape index (κ2) is 7.00. The average Bonchev–Trinajstić information content (AvgIpc) is 3.39. The minimum atomic E-state index is -0.426. The van der Waals surface area contributed by atoms with Gasteiger partial charge in [0.1, 0.15) is 0 Å². The number of H-pyrrole nitrogens is 1. The van der Waals surface area contributed by atoms with Crippen molar-refractivity contribution in [1.29, 1.82) is 0 Å². The third kappa shape index (κ3) is 3.38. The highest BCUT2D eigenvalue weighted by Crippen LogP contribution is 2.26. The van der Waals surface area contributed by atoms with Crippen molar-refractivity contribution < 1.29 is 9.59 Å². The predicted molar refractivity (Wildman–Crippen MR) is 105 cm³/mol. The van der Waals surface area contributed by atoms with Gasteiger partial charge in [-0.15, -0.1) is 11.3 Å². The van der Waals surface area contributed by atoms with Gasteiger partial charge in [0, 0.05) is 18.3 Å².